The molecule has 133 heavy (non-hydrogen) atoms. The van der Waals surface area contributed by atoms with Gasteiger partial charge >= 0.3 is 0 Å². The number of nitrogen functional groups attached to an aromatic ring is 1. The molecule has 0 aromatic heterocycles. The van der Waals surface area contributed by atoms with E-state index in [4.69, 9.17) is 19.7 Å². The number of phenolic OH excluding ortho intramolecular Hbond substituents is 1. The summed E-state index contributed by atoms with van der Waals surface area (Å²) in [5, 5.41) is 45.4. The third-order valence-electron chi connectivity index (χ3n) is 26.3. The molecule has 2 heterocycles. The van der Waals surface area contributed by atoms with Gasteiger partial charge < -0.3 is 20.9 Å². The topological polar surface area (TPSA) is 119 Å². The number of hydrogen-bond acceptors (Lipinski definition) is 9. The summed E-state index contributed by atoms with van der Waals surface area (Å²) in [5.74, 6) is 0.322. The van der Waals surface area contributed by atoms with E-state index in [1.165, 1.54) is 179 Å². The average molecular weight is 2050 g/mol. The monoisotopic (exact) mass is 2050 g/mol. The van der Waals surface area contributed by atoms with Crippen LogP contribution in [0.4, 0.5) is 5.69 Å². The molecule has 7 nitrogen and oxygen atoms in total. The first-order valence-electron chi connectivity index (χ1n) is 45.5. The SMILES string of the molecule is C1COCCN1.C=C1CC(=C)c2c(C)ccc3ccc(C)c1c23.C=C1CC(=C)c2c(P=O)cc3c4ccc5c6c(ccc(c7c[c-]c1c2c73)c64)Sc1ccccc1-5.C=C1CC(=C)c2c(P=O)cc3c4cccc5c(C)ccc(c6c[c-]c1c2c63)c54.C=C1CC(=C)c2c(P=O)cc3c4cccc5c(Sc6ccccc6N)ccc(c6c[c-]c1c2c63)c54.Oc1ccccc1.[3H]C.[3H]C.[3H]C.[Y].[Y].[Y]. The second-order valence-corrected chi connectivity index (χ2v) is 38.0. The van der Waals surface area contributed by atoms with E-state index in [-0.39, 0.29) is 124 Å². The molecule has 4 N–H and O–H groups in total. The van der Waals surface area contributed by atoms with Gasteiger partial charge in [-0.2, -0.15) is 0 Å². The van der Waals surface area contributed by atoms with Crippen molar-refractivity contribution >= 4 is 255 Å². The largest absolute Gasteiger partial charge is 0.508 e. The van der Waals surface area contributed by atoms with Crippen molar-refractivity contribution in [2.45, 2.75) is 88.2 Å². The Morgan fingerprint density at radius 3 is 1.24 bits per heavy atom. The van der Waals surface area contributed by atoms with Crippen LogP contribution in [0.1, 0.15) is 113 Å². The number of hydrogen-bond donors (Lipinski definition) is 3. The van der Waals surface area contributed by atoms with Crippen LogP contribution in [0.25, 0.3) is 196 Å². The van der Waals surface area contributed by atoms with Gasteiger partial charge in [-0.1, -0.05) is 306 Å². The molecule has 0 saturated carbocycles. The van der Waals surface area contributed by atoms with E-state index in [9.17, 15) is 13.7 Å². The van der Waals surface area contributed by atoms with E-state index in [0.29, 0.717) is 25.0 Å². The summed E-state index contributed by atoms with van der Waals surface area (Å²) in [7, 11) is 3.79. The van der Waals surface area contributed by atoms with Crippen molar-refractivity contribution in [3.8, 4) is 16.9 Å². The molecule has 6 aliphatic rings. The Balaban J connectivity index is 0.000000131. The van der Waals surface area contributed by atoms with Gasteiger partial charge in [-0.3, -0.25) is 13.7 Å². The van der Waals surface area contributed by atoms with Gasteiger partial charge in [-0.15, -0.1) is 89.5 Å². The van der Waals surface area contributed by atoms with Crippen LogP contribution in [0.3, 0.4) is 0 Å². The first-order chi connectivity index (χ1) is 64.8. The maximum Gasteiger partial charge on any atom is 0.192 e. The van der Waals surface area contributed by atoms with E-state index in [2.05, 4.69) is 273 Å². The number of para-hydroxylation sites is 2. The van der Waals surface area contributed by atoms with Crippen molar-refractivity contribution < 1.29 is 126 Å². The third-order valence-corrected chi connectivity index (χ3v) is 30.2. The zero-order valence-electron chi connectivity index (χ0n) is 78.2. The number of morpholine rings is 1. The fourth-order valence-electron chi connectivity index (χ4n) is 20.8. The smallest absolute Gasteiger partial charge is 0.192 e. The number of aryl methyl sites for hydroxylation is 3. The Morgan fingerprint density at radius 1 is 0.368 bits per heavy atom. The number of allylic oxidation sites excluding steroid dienone is 8. The number of aromatic hydroxyl groups is 1. The average Bonchev–Trinajstić information content (AvgIpc) is 0.701. The van der Waals surface area contributed by atoms with Gasteiger partial charge in [0.05, 0.1) is 13.2 Å². The summed E-state index contributed by atoms with van der Waals surface area (Å²) >= 11 is 3.53. The van der Waals surface area contributed by atoms with Crippen LogP contribution in [0, 0.1) is 39.0 Å². The minimum absolute atomic E-state index is 0. The maximum atomic E-state index is 12.4. The molecule has 20 aromatic carbocycles. The van der Waals surface area contributed by atoms with Gasteiger partial charge in [-0.05, 0) is 244 Å². The predicted molar refractivity (Wildman–Crippen MR) is 567 cm³/mol. The number of anilines is 1. The van der Waals surface area contributed by atoms with Gasteiger partial charge in [0, 0.05) is 162 Å². The van der Waals surface area contributed by atoms with Gasteiger partial charge in [0.15, 0.2) is 25.4 Å². The standard InChI is InChI=1S/C31H19NOPS.C31H16OPS.C26H16OP.C17H16.C6H6O.C4H9NO.3CH4.3Y/c1-16-14-17(2)28-25(34-33)15-23-19-6-5-7-22-26(35-27-9-4-3-8-24(27)32)13-12-20(29(19)22)21-11-10-18(16)31(28)30(21)23;1-15-13-16(2)27-24(33-32)14-23-22-10-9-19-18-5-3-4-6-25(18)34-26-12-11-21(28(22)30(19)26)20-8-7-17(15)31(27)29(20)23;1-13-7-8-19-20-10-9-17-14(2)11-15(3)23-22(28-27)12-21(25(20)26(17)23)18-6-4-5-16(13)24(18)19;1-10-5-7-14-8-6-11(2)16-13(4)9-12(3)15(10)17(14)16;7-6-4-2-1-3-5-6;1-3-6-4-2-5-1;;;;;;/h3-9,11-13,15H,1-2,14,32H2;3-6,8-12,14H,1-2,13H2;4-8,10,12H,2-3,11H2,1H3;5-8H,3-4,9H2,1-2H3;1-5,7H;5H,1-4H2;3*1H4;;;/q3*-1;;;;;;;;;/i;;;;;;3*1T;;;. The first-order valence-corrected chi connectivity index (χ1v) is 46.5. The van der Waals surface area contributed by atoms with Crippen molar-refractivity contribution in [1.29, 1.82) is 0 Å². The summed E-state index contributed by atoms with van der Waals surface area (Å²) in [6, 6.07) is 88.2. The predicted octanol–water partition coefficient (Wildman–Crippen LogP) is 32.6. The molecule has 0 bridgehead atoms. The van der Waals surface area contributed by atoms with Crippen LogP contribution in [-0.4, -0.2) is 31.4 Å². The number of fused-ring (bicyclic) bond motifs is 8. The quantitative estimate of drug-likeness (QED) is 0.0509. The summed E-state index contributed by atoms with van der Waals surface area (Å²) in [4.78, 5) is 4.79. The number of rotatable bonds is 5. The molecular formula is C118H94N2O5P3S2Y3-3. The molecule has 26 rings (SSSR count). The minimum atomic E-state index is -0.00327. The molecule has 645 valence electrons. The Morgan fingerprint density at radius 2 is 0.767 bits per heavy atom. The molecule has 0 spiro atoms. The normalized spacial score (nSPS) is 13.9. The molecule has 1 fully saturated rings. The Labute approximate surface area is 870 Å². The maximum absolute atomic E-state index is 12.4. The van der Waals surface area contributed by atoms with Gasteiger partial charge in [0.25, 0.3) is 0 Å². The number of nitrogens with two attached hydrogens (primary N) is 1. The summed E-state index contributed by atoms with van der Waals surface area (Å²) in [5.41, 5.74) is 30.7. The van der Waals surface area contributed by atoms with Crippen molar-refractivity contribution in [2.75, 3.05) is 32.0 Å². The second-order valence-electron chi connectivity index (χ2n) is 33.8. The van der Waals surface area contributed by atoms with Gasteiger partial charge in [0.1, 0.15) is 5.75 Å². The van der Waals surface area contributed by atoms with Crippen LogP contribution >= 0.6 is 48.9 Å². The van der Waals surface area contributed by atoms with Gasteiger partial charge in [0.2, 0.25) is 0 Å². The van der Waals surface area contributed by atoms with E-state index in [0.717, 1.165) is 174 Å². The Bertz CT molecular complexity index is 8360. The van der Waals surface area contributed by atoms with E-state index in [1.807, 2.05) is 36.0 Å². The van der Waals surface area contributed by atoms with Crippen LogP contribution in [0.15, 0.2) is 297 Å². The van der Waals surface area contributed by atoms with Crippen LogP contribution in [0.2, 0.25) is 0 Å². The van der Waals surface area contributed by atoms with Crippen LogP contribution in [-0.2, 0) is 117 Å². The Hall–Kier alpha value is -9.69. The number of benzene rings is 20. The zero-order valence-corrected chi connectivity index (χ0v) is 88.1. The van der Waals surface area contributed by atoms with Crippen molar-refractivity contribution in [3.05, 3.63) is 356 Å². The van der Waals surface area contributed by atoms with Crippen LogP contribution in [0.5, 0.6) is 5.75 Å². The minimum Gasteiger partial charge on any atom is -0.508 e. The fraction of sp³-hybridized carbons (Fsp3) is 0.119. The molecule has 20 aromatic rings. The molecule has 3 radical (unpaired) electrons. The molecule has 15 heteroatoms. The number of ether oxygens (including phenoxy) is 1. The van der Waals surface area contributed by atoms with E-state index >= 15 is 0 Å². The van der Waals surface area contributed by atoms with Crippen LogP contribution < -0.4 is 27.0 Å². The first kappa shape index (κ1) is 93.7. The summed E-state index contributed by atoms with van der Waals surface area (Å²) in [6.07, 6.45) is 2.97. The van der Waals surface area contributed by atoms with E-state index in [1.54, 1.807) is 36.0 Å². The molecule has 2 aliphatic heterocycles. The zero-order chi connectivity index (χ0) is 93.2. The Kier molecular flexibility index (Phi) is 27.9. The molecule has 0 atom stereocenters. The molecule has 4 aliphatic carbocycles. The second kappa shape index (κ2) is 39.6. The molecule has 1 saturated heterocycles. The molecular weight excluding hydrogens is 1950 g/mol. The van der Waals surface area contributed by atoms with Gasteiger partial charge in [-0.25, -0.2) is 0 Å². The summed E-state index contributed by atoms with van der Waals surface area (Å²) in [6.45, 7) is 44.6. The van der Waals surface area contributed by atoms with Crippen molar-refractivity contribution in [3.63, 3.8) is 0 Å². The molecule has 0 unspecified atom stereocenters. The number of nitrogens with one attached hydrogen (secondary N) is 1. The van der Waals surface area contributed by atoms with E-state index < -0.39 is 0 Å². The summed E-state index contributed by atoms with van der Waals surface area (Å²) < 4.78 is 59.1. The molecule has 0 amide bonds. The fourth-order valence-corrected chi connectivity index (χ4v) is 24.5. The number of phenols is 1. The third kappa shape index (κ3) is 16.3. The van der Waals surface area contributed by atoms with Crippen molar-refractivity contribution in [2.24, 2.45) is 0 Å². The van der Waals surface area contributed by atoms with Crippen molar-refractivity contribution in [1.82, 2.24) is 5.32 Å².